The van der Waals surface area contributed by atoms with Gasteiger partial charge in [-0.1, -0.05) is 6.07 Å². The quantitative estimate of drug-likeness (QED) is 0.856. The lowest BCUT2D eigenvalue weighted by molar-refractivity contribution is 0.403. The monoisotopic (exact) mass is 357 g/mol. The van der Waals surface area contributed by atoms with E-state index in [0.29, 0.717) is 0 Å². The molecule has 0 saturated heterocycles. The highest BCUT2D eigenvalue weighted by Gasteiger charge is 2.16. The van der Waals surface area contributed by atoms with Gasteiger partial charge < -0.3 is 10.1 Å². The number of ether oxygens (including phenoxy) is 1. The summed E-state index contributed by atoms with van der Waals surface area (Å²) >= 11 is 2.25. The molecule has 0 aliphatic rings. The summed E-state index contributed by atoms with van der Waals surface area (Å²) in [4.78, 5) is 0. The van der Waals surface area contributed by atoms with Crippen LogP contribution in [0.15, 0.2) is 30.6 Å². The highest BCUT2D eigenvalue weighted by molar-refractivity contribution is 14.1. The molecule has 1 heterocycles. The molecule has 5 heteroatoms. The second-order valence-corrected chi connectivity index (χ2v) is 5.25. The van der Waals surface area contributed by atoms with Gasteiger partial charge in [-0.3, -0.25) is 0 Å². The third kappa shape index (κ3) is 2.51. The van der Waals surface area contributed by atoms with Crippen molar-refractivity contribution >= 4 is 22.6 Å². The number of benzene rings is 1. The Morgan fingerprint density at radius 3 is 2.78 bits per heavy atom. The van der Waals surface area contributed by atoms with Crippen molar-refractivity contribution in [1.29, 1.82) is 0 Å². The lowest BCUT2D eigenvalue weighted by Gasteiger charge is -2.19. The molecule has 1 atom stereocenters. The first-order chi connectivity index (χ1) is 8.67. The summed E-state index contributed by atoms with van der Waals surface area (Å²) in [5.74, 6) is 0.875. The second-order valence-electron chi connectivity index (χ2n) is 4.01. The van der Waals surface area contributed by atoms with Crippen LogP contribution >= 0.6 is 22.6 Å². The van der Waals surface area contributed by atoms with E-state index < -0.39 is 0 Å². The predicted octanol–water partition coefficient (Wildman–Crippen LogP) is 2.77. The summed E-state index contributed by atoms with van der Waals surface area (Å²) < 4.78 is 8.45. The summed E-state index contributed by atoms with van der Waals surface area (Å²) in [5, 5.41) is 7.61. The molecule has 2 rings (SSSR count). The molecule has 0 aliphatic carbocycles. The summed E-state index contributed by atoms with van der Waals surface area (Å²) in [6.45, 7) is 2.11. The molecule has 1 unspecified atom stereocenters. The first kappa shape index (κ1) is 13.4. The molecule has 1 N–H and O–H groups in total. The molecule has 1 aromatic heterocycles. The van der Waals surface area contributed by atoms with Crippen molar-refractivity contribution in [2.45, 2.75) is 13.0 Å². The third-order valence-electron chi connectivity index (χ3n) is 2.93. The van der Waals surface area contributed by atoms with Crippen LogP contribution in [-0.2, 0) is 0 Å². The highest BCUT2D eigenvalue weighted by Crippen LogP contribution is 2.30. The van der Waals surface area contributed by atoms with Gasteiger partial charge in [-0.15, -0.1) is 0 Å². The third-order valence-corrected chi connectivity index (χ3v) is 3.48. The zero-order valence-electron chi connectivity index (χ0n) is 10.6. The maximum atomic E-state index is 5.45. The fourth-order valence-electron chi connectivity index (χ4n) is 1.92. The summed E-state index contributed by atoms with van der Waals surface area (Å²) in [5.41, 5.74) is 2.15. The summed E-state index contributed by atoms with van der Waals surface area (Å²) in [6, 6.07) is 6.20. The molecule has 0 aliphatic heterocycles. The van der Waals surface area contributed by atoms with Gasteiger partial charge in [0.15, 0.2) is 0 Å². The van der Waals surface area contributed by atoms with Crippen LogP contribution < -0.4 is 10.1 Å². The Balaban J connectivity index is 2.59. The average molecular weight is 357 g/mol. The molecular weight excluding hydrogens is 341 g/mol. The van der Waals surface area contributed by atoms with E-state index in [1.807, 2.05) is 36.3 Å². The van der Waals surface area contributed by atoms with E-state index >= 15 is 0 Å². The largest absolute Gasteiger partial charge is 0.496 e. The molecule has 2 aromatic rings. The van der Waals surface area contributed by atoms with Gasteiger partial charge in [0, 0.05) is 17.8 Å². The van der Waals surface area contributed by atoms with Gasteiger partial charge in [0.1, 0.15) is 5.75 Å². The SMILES string of the molecule is CNC(C)c1c(OC)cccc1-n1cc(I)cn1. The fourth-order valence-corrected chi connectivity index (χ4v) is 2.31. The lowest BCUT2D eigenvalue weighted by Crippen LogP contribution is -2.16. The zero-order valence-corrected chi connectivity index (χ0v) is 12.8. The number of hydrogen-bond acceptors (Lipinski definition) is 3. The summed E-state index contributed by atoms with van der Waals surface area (Å²) in [7, 11) is 3.63. The standard InChI is InChI=1S/C13H16IN3O/c1-9(15-2)13-11(5-4-6-12(13)18-3)17-8-10(14)7-16-17/h4-9,15H,1-3H3. The van der Waals surface area contributed by atoms with Crippen molar-refractivity contribution in [2.24, 2.45) is 0 Å². The van der Waals surface area contributed by atoms with Crippen molar-refractivity contribution in [3.8, 4) is 11.4 Å². The van der Waals surface area contributed by atoms with Crippen LogP contribution in [0.5, 0.6) is 5.75 Å². The van der Waals surface area contributed by atoms with Crippen LogP contribution in [0.3, 0.4) is 0 Å². The molecule has 96 valence electrons. The van der Waals surface area contributed by atoms with E-state index in [-0.39, 0.29) is 6.04 Å². The number of aromatic nitrogens is 2. The minimum atomic E-state index is 0.193. The van der Waals surface area contributed by atoms with E-state index in [9.17, 15) is 0 Å². The van der Waals surface area contributed by atoms with Crippen LogP contribution in [0.1, 0.15) is 18.5 Å². The lowest BCUT2D eigenvalue weighted by atomic mass is 10.0. The Morgan fingerprint density at radius 2 is 2.22 bits per heavy atom. The highest BCUT2D eigenvalue weighted by atomic mass is 127. The van der Waals surface area contributed by atoms with Crippen molar-refractivity contribution in [2.75, 3.05) is 14.2 Å². The van der Waals surface area contributed by atoms with Crippen LogP contribution in [-0.4, -0.2) is 23.9 Å². The minimum Gasteiger partial charge on any atom is -0.496 e. The van der Waals surface area contributed by atoms with Crippen molar-refractivity contribution in [3.05, 3.63) is 39.7 Å². The van der Waals surface area contributed by atoms with Crippen molar-refractivity contribution < 1.29 is 4.74 Å². The van der Waals surface area contributed by atoms with Crippen molar-refractivity contribution in [3.63, 3.8) is 0 Å². The van der Waals surface area contributed by atoms with E-state index in [0.717, 1.165) is 20.6 Å². The average Bonchev–Trinajstić information content (AvgIpc) is 2.83. The number of methoxy groups -OCH3 is 1. The maximum absolute atomic E-state index is 5.45. The van der Waals surface area contributed by atoms with E-state index in [1.165, 1.54) is 0 Å². The first-order valence-electron chi connectivity index (χ1n) is 5.72. The fraction of sp³-hybridized carbons (Fsp3) is 0.308. The van der Waals surface area contributed by atoms with Gasteiger partial charge >= 0.3 is 0 Å². The number of hydrogen-bond donors (Lipinski definition) is 1. The van der Waals surface area contributed by atoms with E-state index in [2.05, 4.69) is 46.0 Å². The predicted molar refractivity (Wildman–Crippen MR) is 80.3 cm³/mol. The van der Waals surface area contributed by atoms with Gasteiger partial charge in [-0.25, -0.2) is 4.68 Å². The Labute approximate surface area is 120 Å². The number of nitrogens with zero attached hydrogens (tertiary/aromatic N) is 2. The smallest absolute Gasteiger partial charge is 0.125 e. The molecule has 0 spiro atoms. The van der Waals surface area contributed by atoms with E-state index in [1.54, 1.807) is 7.11 Å². The first-order valence-corrected chi connectivity index (χ1v) is 6.80. The molecule has 0 saturated carbocycles. The Kier molecular flexibility index (Phi) is 4.23. The Morgan fingerprint density at radius 1 is 1.44 bits per heavy atom. The topological polar surface area (TPSA) is 39.1 Å². The van der Waals surface area contributed by atoms with Crippen LogP contribution in [0.25, 0.3) is 5.69 Å². The molecule has 0 fully saturated rings. The molecule has 0 bridgehead atoms. The minimum absolute atomic E-state index is 0.193. The second kappa shape index (κ2) is 5.71. The molecule has 18 heavy (non-hydrogen) atoms. The molecule has 0 amide bonds. The molecular formula is C13H16IN3O. The van der Waals surface area contributed by atoms with Crippen molar-refractivity contribution in [1.82, 2.24) is 15.1 Å². The molecule has 1 aromatic carbocycles. The van der Waals surface area contributed by atoms with Gasteiger partial charge in [-0.2, -0.15) is 5.10 Å². The number of rotatable bonds is 4. The van der Waals surface area contributed by atoms with Gasteiger partial charge in [0.05, 0.1) is 22.6 Å². The van der Waals surface area contributed by atoms with Crippen LogP contribution in [0.2, 0.25) is 0 Å². The molecule has 0 radical (unpaired) electrons. The molecule has 4 nitrogen and oxygen atoms in total. The van der Waals surface area contributed by atoms with Crippen LogP contribution in [0, 0.1) is 3.57 Å². The Bertz CT molecular complexity index is 539. The van der Waals surface area contributed by atoms with Gasteiger partial charge in [-0.05, 0) is 48.7 Å². The van der Waals surface area contributed by atoms with Crippen LogP contribution in [0.4, 0.5) is 0 Å². The normalized spacial score (nSPS) is 12.4. The summed E-state index contributed by atoms with van der Waals surface area (Å²) in [6.07, 6.45) is 3.84. The maximum Gasteiger partial charge on any atom is 0.125 e. The Hall–Kier alpha value is -1.08. The van der Waals surface area contributed by atoms with Gasteiger partial charge in [0.2, 0.25) is 0 Å². The number of halogens is 1. The number of nitrogens with one attached hydrogen (secondary N) is 1. The van der Waals surface area contributed by atoms with E-state index in [4.69, 9.17) is 4.74 Å². The van der Waals surface area contributed by atoms with Gasteiger partial charge in [0.25, 0.3) is 0 Å². The zero-order chi connectivity index (χ0) is 13.1.